The second kappa shape index (κ2) is 8.35. The predicted molar refractivity (Wildman–Crippen MR) is 125 cm³/mol. The highest BCUT2D eigenvalue weighted by molar-refractivity contribution is 7.85. The number of fused-ring (bicyclic) bond motifs is 3. The molecule has 4 unspecified atom stereocenters. The van der Waals surface area contributed by atoms with E-state index in [9.17, 15) is 9.00 Å². The summed E-state index contributed by atoms with van der Waals surface area (Å²) in [5, 5.41) is 4.37. The Balaban J connectivity index is 1.65. The number of amides is 1. The lowest BCUT2D eigenvalue weighted by molar-refractivity contribution is 0.175. The summed E-state index contributed by atoms with van der Waals surface area (Å²) >= 11 is 0. The number of carbonyl (C=O) groups excluding carboxylic acids is 1. The highest BCUT2D eigenvalue weighted by Crippen LogP contribution is 2.39. The van der Waals surface area contributed by atoms with Gasteiger partial charge in [-0.15, -0.1) is 0 Å². The molecule has 5 rings (SSSR count). The fourth-order valence-electron chi connectivity index (χ4n) is 5.15. The quantitative estimate of drug-likeness (QED) is 0.600. The Kier molecular flexibility index (Phi) is 5.53. The van der Waals surface area contributed by atoms with Gasteiger partial charge in [-0.1, -0.05) is 6.92 Å². The van der Waals surface area contributed by atoms with Crippen molar-refractivity contribution in [2.45, 2.75) is 57.7 Å². The van der Waals surface area contributed by atoms with Gasteiger partial charge in [-0.05, 0) is 44.4 Å². The molecule has 0 bridgehead atoms. The maximum Gasteiger partial charge on any atom is 0.414 e. The second-order valence-corrected chi connectivity index (χ2v) is 10.5. The van der Waals surface area contributed by atoms with Crippen molar-refractivity contribution in [1.82, 2.24) is 19.3 Å². The zero-order valence-electron chi connectivity index (χ0n) is 18.7. The van der Waals surface area contributed by atoms with E-state index in [1.54, 1.807) is 11.1 Å². The number of anilines is 1. The summed E-state index contributed by atoms with van der Waals surface area (Å²) in [4.78, 5) is 19.4. The monoisotopic (exact) mass is 455 g/mol. The fourth-order valence-corrected chi connectivity index (χ4v) is 6.59. The van der Waals surface area contributed by atoms with Gasteiger partial charge in [0.1, 0.15) is 5.82 Å². The number of imidazole rings is 1. The Morgan fingerprint density at radius 2 is 2.19 bits per heavy atom. The third-order valence-electron chi connectivity index (χ3n) is 6.74. The average molecular weight is 456 g/mol. The molecule has 0 saturated carbocycles. The van der Waals surface area contributed by atoms with Crippen LogP contribution >= 0.6 is 0 Å². The van der Waals surface area contributed by atoms with Gasteiger partial charge in [0.2, 0.25) is 0 Å². The molecule has 170 valence electrons. The van der Waals surface area contributed by atoms with Crippen LogP contribution in [0.3, 0.4) is 0 Å². The first-order valence-corrected chi connectivity index (χ1v) is 12.7. The molecule has 1 aromatic carbocycles. The van der Waals surface area contributed by atoms with Crippen molar-refractivity contribution in [2.75, 3.05) is 23.5 Å². The Bertz CT molecular complexity index is 1170. The van der Waals surface area contributed by atoms with Crippen LogP contribution in [-0.4, -0.2) is 54.3 Å². The summed E-state index contributed by atoms with van der Waals surface area (Å²) < 4.78 is 21.6. The van der Waals surface area contributed by atoms with E-state index in [2.05, 4.69) is 22.7 Å². The Labute approximate surface area is 190 Å². The Morgan fingerprint density at radius 3 is 2.88 bits per heavy atom. The number of rotatable bonds is 4. The number of hydrogen-bond donors (Lipinski definition) is 0. The third kappa shape index (κ3) is 3.52. The normalized spacial score (nSPS) is 24.0. The van der Waals surface area contributed by atoms with Crippen LogP contribution in [0.15, 0.2) is 30.6 Å². The summed E-state index contributed by atoms with van der Waals surface area (Å²) in [6.45, 7) is 4.94. The van der Waals surface area contributed by atoms with Crippen LogP contribution in [0.5, 0.6) is 0 Å². The highest BCUT2D eigenvalue weighted by Gasteiger charge is 2.34. The maximum absolute atomic E-state index is 12.5. The first-order valence-electron chi connectivity index (χ1n) is 11.2. The lowest BCUT2D eigenvalue weighted by Gasteiger charge is -2.34. The van der Waals surface area contributed by atoms with Crippen molar-refractivity contribution in [1.29, 1.82) is 0 Å². The van der Waals surface area contributed by atoms with E-state index in [4.69, 9.17) is 9.72 Å². The van der Waals surface area contributed by atoms with Crippen molar-refractivity contribution < 1.29 is 13.7 Å². The van der Waals surface area contributed by atoms with E-state index in [-0.39, 0.29) is 24.1 Å². The first kappa shape index (κ1) is 21.2. The summed E-state index contributed by atoms with van der Waals surface area (Å²) in [5.74, 6) is 2.52. The minimum Gasteiger partial charge on any atom is -0.452 e. The van der Waals surface area contributed by atoms with Crippen LogP contribution in [0.25, 0.3) is 11.0 Å². The number of aryl methyl sites for hydroxylation is 1. The molecule has 1 fully saturated rings. The van der Waals surface area contributed by atoms with Crippen LogP contribution < -0.4 is 4.90 Å². The second-order valence-electron chi connectivity index (χ2n) is 8.88. The molecule has 0 spiro atoms. The van der Waals surface area contributed by atoms with Crippen molar-refractivity contribution in [3.63, 3.8) is 0 Å². The van der Waals surface area contributed by atoms with E-state index in [1.807, 2.05) is 29.9 Å². The number of carbonyl (C=O) groups is 1. The molecule has 1 saturated heterocycles. The minimum atomic E-state index is -0.789. The molecule has 8 nitrogen and oxygen atoms in total. The molecule has 2 aliphatic rings. The molecule has 1 amide bonds. The van der Waals surface area contributed by atoms with E-state index in [0.29, 0.717) is 5.75 Å². The van der Waals surface area contributed by atoms with Gasteiger partial charge in [-0.2, -0.15) is 5.10 Å². The molecule has 2 aromatic heterocycles. The smallest absolute Gasteiger partial charge is 0.414 e. The molecule has 9 heteroatoms. The Morgan fingerprint density at radius 1 is 1.34 bits per heavy atom. The highest BCUT2D eigenvalue weighted by atomic mass is 32.2. The standard InChI is InChI=1S/C23H29N5O3S/c1-15(13-26-11-4-10-24-26)22-25-21-18-6-5-16(2)27(23(29)31-3)19(18)7-8-20(21)28(22)17-9-12-32(30)14-17/h4,7-8,10-11,15-17H,5-6,9,12-14H2,1-3H3. The molecule has 4 heterocycles. The van der Waals surface area contributed by atoms with E-state index in [0.717, 1.165) is 59.7 Å². The van der Waals surface area contributed by atoms with E-state index < -0.39 is 10.8 Å². The average Bonchev–Trinajstić information content (AvgIpc) is 3.52. The minimum absolute atomic E-state index is 0.0740. The van der Waals surface area contributed by atoms with Crippen LogP contribution in [0.4, 0.5) is 10.5 Å². The summed E-state index contributed by atoms with van der Waals surface area (Å²) in [7, 11) is 0.634. The molecule has 2 aliphatic heterocycles. The molecule has 3 aromatic rings. The van der Waals surface area contributed by atoms with Gasteiger partial charge < -0.3 is 9.30 Å². The molecule has 32 heavy (non-hydrogen) atoms. The number of hydrogen-bond acceptors (Lipinski definition) is 5. The zero-order chi connectivity index (χ0) is 22.4. The number of methoxy groups -OCH3 is 1. The van der Waals surface area contributed by atoms with Gasteiger partial charge in [0, 0.05) is 58.3 Å². The van der Waals surface area contributed by atoms with Gasteiger partial charge in [0.25, 0.3) is 0 Å². The van der Waals surface area contributed by atoms with Crippen molar-refractivity contribution in [3.8, 4) is 0 Å². The molecular weight excluding hydrogens is 426 g/mol. The predicted octanol–water partition coefficient (Wildman–Crippen LogP) is 3.64. The number of nitrogens with zero attached hydrogens (tertiary/aromatic N) is 5. The lowest BCUT2D eigenvalue weighted by atomic mass is 9.95. The zero-order valence-corrected chi connectivity index (χ0v) is 19.5. The van der Waals surface area contributed by atoms with Crippen LogP contribution in [0.1, 0.15) is 50.0 Å². The van der Waals surface area contributed by atoms with Crippen LogP contribution in [0, 0.1) is 0 Å². The largest absolute Gasteiger partial charge is 0.452 e. The van der Waals surface area contributed by atoms with Crippen molar-refractivity contribution in [2.24, 2.45) is 0 Å². The first-order chi connectivity index (χ1) is 15.5. The summed E-state index contributed by atoms with van der Waals surface area (Å²) in [5.41, 5.74) is 3.99. The van der Waals surface area contributed by atoms with Crippen LogP contribution in [-0.2, 0) is 28.5 Å². The van der Waals surface area contributed by atoms with Gasteiger partial charge in [-0.25, -0.2) is 9.78 Å². The van der Waals surface area contributed by atoms with Crippen molar-refractivity contribution >= 4 is 33.6 Å². The molecule has 0 aliphatic carbocycles. The van der Waals surface area contributed by atoms with Gasteiger partial charge in [-0.3, -0.25) is 13.8 Å². The van der Waals surface area contributed by atoms with E-state index >= 15 is 0 Å². The molecule has 4 atom stereocenters. The van der Waals surface area contributed by atoms with E-state index in [1.165, 1.54) is 7.11 Å². The number of benzene rings is 1. The lowest BCUT2D eigenvalue weighted by Crippen LogP contribution is -2.42. The fraction of sp³-hybridized carbons (Fsp3) is 0.522. The maximum atomic E-state index is 12.5. The SMILES string of the molecule is COC(=O)N1c2ccc3c(nc(C(C)Cn4cccn4)n3C3CCS(=O)C3)c2CCC1C. The van der Waals surface area contributed by atoms with Crippen LogP contribution in [0.2, 0.25) is 0 Å². The number of aromatic nitrogens is 4. The van der Waals surface area contributed by atoms with Gasteiger partial charge in [0.05, 0.1) is 30.4 Å². The molecule has 0 N–H and O–H groups in total. The van der Waals surface area contributed by atoms with Gasteiger partial charge in [0.15, 0.2) is 0 Å². The molecular formula is C23H29N5O3S. The summed E-state index contributed by atoms with van der Waals surface area (Å²) in [6.07, 6.45) is 6.03. The third-order valence-corrected chi connectivity index (χ3v) is 8.18. The topological polar surface area (TPSA) is 82.2 Å². The van der Waals surface area contributed by atoms with Crippen molar-refractivity contribution in [3.05, 3.63) is 42.0 Å². The Hall–Kier alpha value is -2.68. The summed E-state index contributed by atoms with van der Waals surface area (Å²) in [6, 6.07) is 6.27. The molecule has 0 radical (unpaired) electrons. The van der Waals surface area contributed by atoms with Gasteiger partial charge >= 0.3 is 6.09 Å². The number of ether oxygens (including phenoxy) is 1.